The quantitative estimate of drug-likeness (QED) is 0.808. The molecule has 19 heavy (non-hydrogen) atoms. The molecule has 0 spiro atoms. The van der Waals surface area contributed by atoms with E-state index in [2.05, 4.69) is 0 Å². The number of halogens is 1. The number of sulfonamides is 1. The first-order chi connectivity index (χ1) is 9.11. The molecule has 0 amide bonds. The molecule has 2 aromatic rings. The Bertz CT molecular complexity index is 689. The molecule has 3 heterocycles. The number of thiophene rings is 2. The van der Waals surface area contributed by atoms with Crippen LogP contribution < -0.4 is 0 Å². The molecule has 0 bridgehead atoms. The average molecular weight is 334 g/mol. The predicted octanol–water partition coefficient (Wildman–Crippen LogP) is 3.30. The van der Waals surface area contributed by atoms with Crippen LogP contribution in [0.2, 0.25) is 0 Å². The molecule has 2 aromatic heterocycles. The van der Waals surface area contributed by atoms with Crippen LogP contribution in [0.15, 0.2) is 27.8 Å². The van der Waals surface area contributed by atoms with Gasteiger partial charge in [0.25, 0.3) is 10.0 Å². The molecular formula is C12H12ClNO2S3. The van der Waals surface area contributed by atoms with Crippen LogP contribution >= 0.6 is 34.3 Å². The standard InChI is InChI=1S/C12H12ClNO2S3/c13-7-10-1-2-12(18-10)19(15,16)14-5-3-11-9(8-14)4-6-17-11/h1-2,4,6H,3,5,7-8H2. The van der Waals surface area contributed by atoms with Crippen molar-refractivity contribution in [1.29, 1.82) is 0 Å². The van der Waals surface area contributed by atoms with E-state index in [0.717, 1.165) is 16.9 Å². The largest absolute Gasteiger partial charge is 0.252 e. The lowest BCUT2D eigenvalue weighted by Gasteiger charge is -2.25. The van der Waals surface area contributed by atoms with Crippen LogP contribution in [0.25, 0.3) is 0 Å². The van der Waals surface area contributed by atoms with Crippen molar-refractivity contribution in [2.24, 2.45) is 0 Å². The highest BCUT2D eigenvalue weighted by molar-refractivity contribution is 7.91. The minimum absolute atomic E-state index is 0.356. The normalized spacial score (nSPS) is 16.5. The fourth-order valence-corrected chi connectivity index (χ4v) is 6.04. The summed E-state index contributed by atoms with van der Waals surface area (Å²) in [6.07, 6.45) is 0.806. The molecule has 0 aromatic carbocycles. The van der Waals surface area contributed by atoms with Gasteiger partial charge in [0.05, 0.1) is 5.88 Å². The van der Waals surface area contributed by atoms with Crippen molar-refractivity contribution in [3.63, 3.8) is 0 Å². The van der Waals surface area contributed by atoms with Gasteiger partial charge in [0.1, 0.15) is 4.21 Å². The van der Waals surface area contributed by atoms with Gasteiger partial charge in [-0.2, -0.15) is 4.31 Å². The molecule has 3 rings (SSSR count). The van der Waals surface area contributed by atoms with Gasteiger partial charge in [0, 0.05) is 22.8 Å². The maximum Gasteiger partial charge on any atom is 0.252 e. The summed E-state index contributed by atoms with van der Waals surface area (Å²) in [5, 5.41) is 2.03. The van der Waals surface area contributed by atoms with Crippen LogP contribution in [0, 0.1) is 0 Å². The Morgan fingerprint density at radius 1 is 1.32 bits per heavy atom. The van der Waals surface area contributed by atoms with Gasteiger partial charge in [-0.3, -0.25) is 0 Å². The molecule has 1 aliphatic rings. The van der Waals surface area contributed by atoms with Gasteiger partial charge in [-0.25, -0.2) is 8.42 Å². The fourth-order valence-electron chi connectivity index (χ4n) is 2.12. The molecule has 7 heteroatoms. The van der Waals surface area contributed by atoms with Crippen molar-refractivity contribution in [2.45, 2.75) is 23.1 Å². The second-order valence-corrected chi connectivity index (χ2v) is 8.91. The number of alkyl halides is 1. The van der Waals surface area contributed by atoms with Crippen molar-refractivity contribution >= 4 is 44.3 Å². The Morgan fingerprint density at radius 3 is 2.89 bits per heavy atom. The van der Waals surface area contributed by atoms with Crippen molar-refractivity contribution in [3.8, 4) is 0 Å². The molecule has 0 radical (unpaired) electrons. The van der Waals surface area contributed by atoms with E-state index in [1.165, 1.54) is 16.2 Å². The Morgan fingerprint density at radius 2 is 2.16 bits per heavy atom. The van der Waals surface area contributed by atoms with Crippen LogP contribution in [-0.4, -0.2) is 19.3 Å². The van der Waals surface area contributed by atoms with Gasteiger partial charge in [0.2, 0.25) is 0 Å². The van der Waals surface area contributed by atoms with E-state index in [-0.39, 0.29) is 0 Å². The highest BCUT2D eigenvalue weighted by Crippen LogP contribution is 2.31. The lowest BCUT2D eigenvalue weighted by Crippen LogP contribution is -2.34. The van der Waals surface area contributed by atoms with E-state index in [4.69, 9.17) is 11.6 Å². The lowest BCUT2D eigenvalue weighted by molar-refractivity contribution is 0.395. The van der Waals surface area contributed by atoms with Gasteiger partial charge in [-0.05, 0) is 35.6 Å². The van der Waals surface area contributed by atoms with E-state index in [9.17, 15) is 8.42 Å². The topological polar surface area (TPSA) is 37.4 Å². The van der Waals surface area contributed by atoms with Crippen LogP contribution in [0.5, 0.6) is 0 Å². The first kappa shape index (κ1) is 13.6. The summed E-state index contributed by atoms with van der Waals surface area (Å²) in [7, 11) is -3.37. The first-order valence-corrected chi connectivity index (χ1v) is 9.48. The maximum absolute atomic E-state index is 12.5. The molecule has 0 N–H and O–H groups in total. The maximum atomic E-state index is 12.5. The second-order valence-electron chi connectivity index (χ2n) is 4.31. The molecule has 3 nitrogen and oxygen atoms in total. The van der Waals surface area contributed by atoms with E-state index >= 15 is 0 Å². The minimum atomic E-state index is -3.37. The zero-order valence-electron chi connectivity index (χ0n) is 10.0. The van der Waals surface area contributed by atoms with Gasteiger partial charge in [-0.15, -0.1) is 34.3 Å². The van der Waals surface area contributed by atoms with Gasteiger partial charge in [-0.1, -0.05) is 0 Å². The summed E-state index contributed by atoms with van der Waals surface area (Å²) in [4.78, 5) is 2.19. The zero-order valence-corrected chi connectivity index (χ0v) is 13.2. The third-order valence-corrected chi connectivity index (χ3v) is 8.00. The first-order valence-electron chi connectivity index (χ1n) is 5.81. The summed E-state index contributed by atoms with van der Waals surface area (Å²) in [6.45, 7) is 1.04. The van der Waals surface area contributed by atoms with E-state index in [0.29, 0.717) is 23.2 Å². The van der Waals surface area contributed by atoms with Crippen LogP contribution in [0.3, 0.4) is 0 Å². The zero-order chi connectivity index (χ0) is 13.5. The monoisotopic (exact) mass is 333 g/mol. The average Bonchev–Trinajstić information content (AvgIpc) is 3.06. The summed E-state index contributed by atoms with van der Waals surface area (Å²) in [6, 6.07) is 5.45. The van der Waals surface area contributed by atoms with Gasteiger partial charge >= 0.3 is 0 Å². The molecule has 0 saturated heterocycles. The summed E-state index contributed by atoms with van der Waals surface area (Å²) in [5.41, 5.74) is 1.13. The summed E-state index contributed by atoms with van der Waals surface area (Å²) in [5.74, 6) is 0.356. The Kier molecular flexibility index (Phi) is 3.70. The molecular weight excluding hydrogens is 322 g/mol. The van der Waals surface area contributed by atoms with Crippen molar-refractivity contribution in [2.75, 3.05) is 6.54 Å². The smallest absolute Gasteiger partial charge is 0.206 e. The molecule has 0 fully saturated rings. The lowest BCUT2D eigenvalue weighted by atomic mass is 10.1. The van der Waals surface area contributed by atoms with Crippen LogP contribution in [0.4, 0.5) is 0 Å². The molecule has 0 unspecified atom stereocenters. The number of rotatable bonds is 3. The Labute approximate surface area is 125 Å². The molecule has 0 saturated carbocycles. The summed E-state index contributed by atoms with van der Waals surface area (Å²) < 4.78 is 27.0. The predicted molar refractivity (Wildman–Crippen MR) is 79.5 cm³/mol. The van der Waals surface area contributed by atoms with Crippen LogP contribution in [-0.2, 0) is 28.9 Å². The number of fused-ring (bicyclic) bond motifs is 1. The number of hydrogen-bond acceptors (Lipinski definition) is 4. The Hall–Kier alpha value is -0.400. The highest BCUT2D eigenvalue weighted by atomic mass is 35.5. The van der Waals surface area contributed by atoms with E-state index in [1.54, 1.807) is 27.8 Å². The third-order valence-electron chi connectivity index (χ3n) is 3.14. The number of nitrogens with zero attached hydrogens (tertiary/aromatic N) is 1. The Balaban J connectivity index is 1.89. The molecule has 102 valence electrons. The molecule has 0 aliphatic carbocycles. The van der Waals surface area contributed by atoms with Crippen molar-refractivity contribution in [3.05, 3.63) is 38.9 Å². The minimum Gasteiger partial charge on any atom is -0.206 e. The van der Waals surface area contributed by atoms with Crippen LogP contribution in [0.1, 0.15) is 15.3 Å². The van der Waals surface area contributed by atoms with Gasteiger partial charge < -0.3 is 0 Å². The molecule has 0 atom stereocenters. The third kappa shape index (κ3) is 2.48. The van der Waals surface area contributed by atoms with Crippen molar-refractivity contribution in [1.82, 2.24) is 4.31 Å². The van der Waals surface area contributed by atoms with E-state index in [1.807, 2.05) is 11.4 Å². The second kappa shape index (κ2) is 5.18. The number of hydrogen-bond donors (Lipinski definition) is 0. The summed E-state index contributed by atoms with van der Waals surface area (Å²) >= 11 is 8.69. The van der Waals surface area contributed by atoms with Crippen molar-refractivity contribution < 1.29 is 8.42 Å². The fraction of sp³-hybridized carbons (Fsp3) is 0.333. The SMILES string of the molecule is O=S(=O)(c1ccc(CCl)s1)N1CCc2sccc2C1. The highest BCUT2D eigenvalue weighted by Gasteiger charge is 2.29. The van der Waals surface area contributed by atoms with Gasteiger partial charge in [0.15, 0.2) is 0 Å². The molecule has 1 aliphatic heterocycles. The van der Waals surface area contributed by atoms with E-state index < -0.39 is 10.0 Å².